The molecule has 32 heavy (non-hydrogen) atoms. The van der Waals surface area contributed by atoms with Crippen LogP contribution in [0.15, 0.2) is 72.8 Å². The molecule has 3 aromatic rings. The standard InChI is InChI=1S/C19H19NO.2Na.H2O7S2/c1-15(14-16-8-3-2-4-9-16)20-21-19-13-7-11-17-10-5-6-12-18(17)19;;;1-8(2,3)7-9(4,5)6/h2-13,15,20H,14H2,1H3;;;(H,1,2,3)(H,4,5,6)/q;2*+1;/p-2. The van der Waals surface area contributed by atoms with Crippen LogP contribution in [0.3, 0.4) is 0 Å². The second-order valence-electron chi connectivity index (χ2n) is 6.17. The number of fused-ring (bicyclic) bond motifs is 1. The molecule has 0 aliphatic rings. The maximum atomic E-state index is 9.29. The normalized spacial score (nSPS) is 11.8. The Bertz CT molecular complexity index is 1140. The van der Waals surface area contributed by atoms with E-state index < -0.39 is 20.8 Å². The van der Waals surface area contributed by atoms with Gasteiger partial charge in [-0.25, -0.2) is 16.8 Å². The Hall–Kier alpha value is -0.540. The molecule has 13 heteroatoms. The first-order chi connectivity index (χ1) is 14.0. The molecule has 0 saturated heterocycles. The van der Waals surface area contributed by atoms with Crippen molar-refractivity contribution in [1.29, 1.82) is 0 Å². The fourth-order valence-corrected chi connectivity index (χ4v) is 3.38. The van der Waals surface area contributed by atoms with Crippen LogP contribution < -0.4 is 69.4 Å². The first-order valence-electron chi connectivity index (χ1n) is 8.60. The van der Waals surface area contributed by atoms with Gasteiger partial charge in [0.1, 0.15) is 0 Å². The molecule has 0 amide bonds. The topological polar surface area (TPSA) is 145 Å². The molecule has 1 N–H and O–H groups in total. The Balaban J connectivity index is 0.000000756. The molecule has 0 aliphatic carbocycles. The summed E-state index contributed by atoms with van der Waals surface area (Å²) in [7, 11) is -10.9. The fourth-order valence-electron chi connectivity index (χ4n) is 2.56. The van der Waals surface area contributed by atoms with Crippen molar-refractivity contribution in [3.05, 3.63) is 78.4 Å². The number of nitrogens with one attached hydrogen (secondary N) is 1. The molecule has 0 saturated carbocycles. The Morgan fingerprint density at radius 3 is 1.91 bits per heavy atom. The molecule has 3 rings (SSSR count). The third-order valence-corrected chi connectivity index (χ3v) is 5.00. The predicted octanol–water partition coefficient (Wildman–Crippen LogP) is -3.71. The molecule has 0 spiro atoms. The van der Waals surface area contributed by atoms with Gasteiger partial charge in [-0.15, -0.1) is 0 Å². The van der Waals surface area contributed by atoms with Crippen molar-refractivity contribution in [2.75, 3.05) is 0 Å². The van der Waals surface area contributed by atoms with E-state index in [1.807, 2.05) is 30.3 Å². The zero-order valence-corrected chi connectivity index (χ0v) is 23.4. The Morgan fingerprint density at radius 1 is 0.812 bits per heavy atom. The summed E-state index contributed by atoms with van der Waals surface area (Å²) in [5.41, 5.74) is 4.44. The van der Waals surface area contributed by atoms with Crippen LogP contribution in [0.4, 0.5) is 0 Å². The third-order valence-electron chi connectivity index (χ3n) is 3.67. The van der Waals surface area contributed by atoms with E-state index in [1.165, 1.54) is 10.9 Å². The summed E-state index contributed by atoms with van der Waals surface area (Å²) < 4.78 is 58.2. The summed E-state index contributed by atoms with van der Waals surface area (Å²) in [6, 6.07) is 25.0. The zero-order valence-electron chi connectivity index (χ0n) is 17.8. The zero-order chi connectivity index (χ0) is 22.2. The molecular weight excluding hydrogens is 480 g/mol. The Kier molecular flexibility index (Phi) is 14.4. The van der Waals surface area contributed by atoms with Crippen LogP contribution in [-0.4, -0.2) is 32.0 Å². The summed E-state index contributed by atoms with van der Waals surface area (Å²) in [6.07, 6.45) is 0.936. The number of hydrogen-bond acceptors (Lipinski definition) is 9. The van der Waals surface area contributed by atoms with E-state index in [4.69, 9.17) is 4.84 Å². The van der Waals surface area contributed by atoms with E-state index in [2.05, 4.69) is 58.5 Å². The average molecular weight is 499 g/mol. The van der Waals surface area contributed by atoms with Crippen molar-refractivity contribution in [3.8, 4) is 5.75 Å². The van der Waals surface area contributed by atoms with E-state index in [-0.39, 0.29) is 65.2 Å². The second kappa shape index (κ2) is 14.7. The summed E-state index contributed by atoms with van der Waals surface area (Å²) in [6.45, 7) is 2.12. The van der Waals surface area contributed by atoms with Crippen molar-refractivity contribution in [2.24, 2.45) is 0 Å². The van der Waals surface area contributed by atoms with Crippen LogP contribution in [0, 0.1) is 0 Å². The van der Waals surface area contributed by atoms with Crippen molar-refractivity contribution >= 4 is 31.6 Å². The van der Waals surface area contributed by atoms with Gasteiger partial charge in [-0.1, -0.05) is 66.7 Å². The number of hydroxylamine groups is 1. The molecule has 0 aliphatic heterocycles. The van der Waals surface area contributed by atoms with Crippen LogP contribution in [0.1, 0.15) is 12.5 Å². The molecule has 0 heterocycles. The van der Waals surface area contributed by atoms with E-state index in [0.29, 0.717) is 0 Å². The van der Waals surface area contributed by atoms with Crippen molar-refractivity contribution in [2.45, 2.75) is 19.4 Å². The quantitative estimate of drug-likeness (QED) is 0.150. The fraction of sp³-hybridized carbons (Fsp3) is 0.158. The van der Waals surface area contributed by atoms with Crippen LogP contribution in [0.2, 0.25) is 0 Å². The largest absolute Gasteiger partial charge is 1.00 e. The van der Waals surface area contributed by atoms with Gasteiger partial charge >= 0.3 is 59.1 Å². The van der Waals surface area contributed by atoms with Gasteiger partial charge in [-0.2, -0.15) is 9.11 Å². The molecule has 1 atom stereocenters. The summed E-state index contributed by atoms with van der Waals surface area (Å²) in [5, 5.41) is 2.31. The van der Waals surface area contributed by atoms with Crippen LogP contribution in [-0.2, 0) is 30.8 Å². The van der Waals surface area contributed by atoms with Gasteiger partial charge in [-0.3, -0.25) is 0 Å². The average Bonchev–Trinajstić information content (AvgIpc) is 2.65. The van der Waals surface area contributed by atoms with Gasteiger partial charge in [0.05, 0.1) is 0 Å². The summed E-state index contributed by atoms with van der Waals surface area (Å²) >= 11 is 0. The Labute approximate surface area is 232 Å². The Morgan fingerprint density at radius 2 is 1.34 bits per heavy atom. The van der Waals surface area contributed by atoms with E-state index in [9.17, 15) is 25.9 Å². The monoisotopic (exact) mass is 499 g/mol. The van der Waals surface area contributed by atoms with Gasteiger partial charge in [0.2, 0.25) is 20.8 Å². The summed E-state index contributed by atoms with van der Waals surface area (Å²) in [4.78, 5) is 5.80. The first kappa shape index (κ1) is 31.5. The molecule has 9 nitrogen and oxygen atoms in total. The minimum atomic E-state index is -5.43. The molecule has 0 radical (unpaired) electrons. The van der Waals surface area contributed by atoms with Crippen molar-refractivity contribution in [1.82, 2.24) is 5.48 Å². The third kappa shape index (κ3) is 12.6. The minimum absolute atomic E-state index is 0. The second-order valence-corrected chi connectivity index (χ2v) is 8.35. The predicted molar refractivity (Wildman–Crippen MR) is 108 cm³/mol. The van der Waals surface area contributed by atoms with Crippen molar-refractivity contribution < 1.29 is 93.5 Å². The first-order valence-corrected chi connectivity index (χ1v) is 11.3. The maximum Gasteiger partial charge on any atom is 1.00 e. The molecule has 162 valence electrons. The van der Waals surface area contributed by atoms with Crippen LogP contribution in [0.5, 0.6) is 5.75 Å². The smallest absolute Gasteiger partial charge is 0.725 e. The maximum absolute atomic E-state index is 9.29. The van der Waals surface area contributed by atoms with E-state index in [0.717, 1.165) is 17.6 Å². The molecule has 0 bridgehead atoms. The molecule has 3 aromatic carbocycles. The van der Waals surface area contributed by atoms with Crippen molar-refractivity contribution in [3.63, 3.8) is 0 Å². The van der Waals surface area contributed by atoms with Gasteiger partial charge in [0.15, 0.2) is 5.75 Å². The van der Waals surface area contributed by atoms with Gasteiger partial charge < -0.3 is 13.9 Å². The van der Waals surface area contributed by atoms with E-state index >= 15 is 0 Å². The van der Waals surface area contributed by atoms with Gasteiger partial charge in [0, 0.05) is 11.4 Å². The SMILES string of the molecule is CC(Cc1ccccc1)NOc1cccc2ccccc12.O=S(=O)([O-])OS(=O)(=O)[O-].[Na+].[Na+]. The number of hydrogen-bond donors (Lipinski definition) is 1. The van der Waals surface area contributed by atoms with Crippen LogP contribution >= 0.6 is 0 Å². The van der Waals surface area contributed by atoms with Gasteiger partial charge in [-0.05, 0) is 30.4 Å². The molecule has 1 unspecified atom stereocenters. The molecule has 0 aromatic heterocycles. The molecular formula is C19H19NNa2O8S2. The minimum Gasteiger partial charge on any atom is -0.725 e. The van der Waals surface area contributed by atoms with Crippen LogP contribution in [0.25, 0.3) is 10.8 Å². The molecule has 0 fully saturated rings. The number of benzene rings is 3. The number of rotatable bonds is 7. The van der Waals surface area contributed by atoms with E-state index in [1.54, 1.807) is 0 Å². The van der Waals surface area contributed by atoms with Gasteiger partial charge in [0.25, 0.3) is 0 Å². The summed E-state index contributed by atoms with van der Waals surface area (Å²) in [5.74, 6) is 0.869.